The maximum atomic E-state index is 12.3. The van der Waals surface area contributed by atoms with Crippen LogP contribution in [0.3, 0.4) is 0 Å². The van der Waals surface area contributed by atoms with Gasteiger partial charge in [0.15, 0.2) is 5.96 Å². The molecular weight excluding hydrogens is 435 g/mol. The zero-order chi connectivity index (χ0) is 16.5. The lowest BCUT2D eigenvalue weighted by Gasteiger charge is -2.31. The number of hydrogen-bond donors (Lipinski definition) is 2. The molecule has 0 aromatic carbocycles. The van der Waals surface area contributed by atoms with Crippen LogP contribution in [0.15, 0.2) is 4.99 Å². The minimum atomic E-state index is 0. The van der Waals surface area contributed by atoms with Gasteiger partial charge < -0.3 is 15.5 Å². The summed E-state index contributed by atoms with van der Waals surface area (Å²) >= 11 is 2.03. The molecule has 2 atom stereocenters. The van der Waals surface area contributed by atoms with E-state index in [4.69, 9.17) is 0 Å². The minimum absolute atomic E-state index is 0. The molecule has 2 saturated heterocycles. The molecule has 0 bridgehead atoms. The van der Waals surface area contributed by atoms with Crippen molar-refractivity contribution in [2.45, 2.75) is 51.2 Å². The molecule has 0 aromatic heterocycles. The van der Waals surface area contributed by atoms with E-state index in [1.54, 1.807) is 0 Å². The van der Waals surface area contributed by atoms with Gasteiger partial charge in [0, 0.05) is 37.8 Å². The van der Waals surface area contributed by atoms with Crippen molar-refractivity contribution in [2.24, 2.45) is 10.9 Å². The van der Waals surface area contributed by atoms with Crippen LogP contribution in [-0.2, 0) is 4.79 Å². The van der Waals surface area contributed by atoms with Crippen molar-refractivity contribution in [3.8, 4) is 0 Å². The van der Waals surface area contributed by atoms with E-state index in [1.807, 2.05) is 16.7 Å². The summed E-state index contributed by atoms with van der Waals surface area (Å²) in [4.78, 5) is 19.0. The Kier molecular flexibility index (Phi) is 11.1. The number of halogens is 1. The Hall–Kier alpha value is -0.180. The number of carbonyl (C=O) groups excluding carboxylic acids is 1. The summed E-state index contributed by atoms with van der Waals surface area (Å²) in [6.45, 7) is 8.53. The number of rotatable bonds is 6. The molecule has 7 heteroatoms. The van der Waals surface area contributed by atoms with Crippen LogP contribution in [0.1, 0.15) is 46.0 Å². The van der Waals surface area contributed by atoms with E-state index in [0.717, 1.165) is 38.6 Å². The average Bonchev–Trinajstić information content (AvgIpc) is 3.06. The maximum absolute atomic E-state index is 12.3. The summed E-state index contributed by atoms with van der Waals surface area (Å²) in [5.74, 6) is 3.03. The lowest BCUT2D eigenvalue weighted by Crippen LogP contribution is -2.42. The Balaban J connectivity index is 0.00000288. The lowest BCUT2D eigenvalue weighted by atomic mass is 10.00. The monoisotopic (exact) mass is 468 g/mol. The molecule has 2 heterocycles. The number of nitrogens with zero attached hydrogens (tertiary/aromatic N) is 2. The Bertz CT molecular complexity index is 402. The summed E-state index contributed by atoms with van der Waals surface area (Å²) in [6.07, 6.45) is 5.54. The molecule has 2 N–H and O–H groups in total. The van der Waals surface area contributed by atoms with Gasteiger partial charge in [-0.1, -0.05) is 6.92 Å². The van der Waals surface area contributed by atoms with Crippen molar-refractivity contribution < 1.29 is 4.79 Å². The number of likely N-dealkylation sites (tertiary alicyclic amines) is 1. The van der Waals surface area contributed by atoms with Crippen LogP contribution >= 0.6 is 35.7 Å². The number of thioether (sulfide) groups is 1. The first-order valence-corrected chi connectivity index (χ1v) is 10.2. The second-order valence-electron chi connectivity index (χ2n) is 6.62. The summed E-state index contributed by atoms with van der Waals surface area (Å²) in [6, 6.07) is 0. The van der Waals surface area contributed by atoms with Crippen LogP contribution < -0.4 is 10.6 Å². The van der Waals surface area contributed by atoms with Gasteiger partial charge in [-0.25, -0.2) is 0 Å². The molecule has 140 valence electrons. The molecule has 5 nitrogen and oxygen atoms in total. The highest BCUT2D eigenvalue weighted by Crippen LogP contribution is 2.26. The van der Waals surface area contributed by atoms with Crippen LogP contribution in [0, 0.1) is 5.92 Å². The zero-order valence-electron chi connectivity index (χ0n) is 15.1. The second-order valence-corrected chi connectivity index (χ2v) is 8.03. The number of amides is 1. The van der Waals surface area contributed by atoms with Crippen LogP contribution in [0.4, 0.5) is 0 Å². The summed E-state index contributed by atoms with van der Waals surface area (Å²) < 4.78 is 0. The molecule has 24 heavy (non-hydrogen) atoms. The van der Waals surface area contributed by atoms with Crippen LogP contribution in [0.25, 0.3) is 0 Å². The van der Waals surface area contributed by atoms with E-state index in [0.29, 0.717) is 24.1 Å². The quantitative estimate of drug-likeness (QED) is 0.358. The fraction of sp³-hybridized carbons (Fsp3) is 0.882. The standard InChI is InChI=1S/C17H32N4OS.HI/c1-3-18-17(20-12-15-7-5-11-23-15)19-9-8-16(22)21-10-4-6-14(2)13-21;/h14-15H,3-13H2,1-2H3,(H2,18,19,20);1H. The van der Waals surface area contributed by atoms with Gasteiger partial charge in [-0.3, -0.25) is 9.79 Å². The highest BCUT2D eigenvalue weighted by atomic mass is 127. The van der Waals surface area contributed by atoms with Gasteiger partial charge in [-0.05, 0) is 44.3 Å². The predicted octanol–water partition coefficient (Wildman–Crippen LogP) is 2.70. The smallest absolute Gasteiger partial charge is 0.224 e. The van der Waals surface area contributed by atoms with Crippen molar-refractivity contribution in [3.05, 3.63) is 0 Å². The normalized spacial score (nSPS) is 24.4. The molecule has 1 amide bonds. The minimum Gasteiger partial charge on any atom is -0.357 e. The topological polar surface area (TPSA) is 56.7 Å². The molecule has 2 fully saturated rings. The summed E-state index contributed by atoms with van der Waals surface area (Å²) in [7, 11) is 0. The third-order valence-electron chi connectivity index (χ3n) is 4.46. The van der Waals surface area contributed by atoms with Crippen LogP contribution in [0.5, 0.6) is 0 Å². The Morgan fingerprint density at radius 1 is 1.29 bits per heavy atom. The first-order chi connectivity index (χ1) is 11.2. The van der Waals surface area contributed by atoms with E-state index in [-0.39, 0.29) is 29.9 Å². The highest BCUT2D eigenvalue weighted by Gasteiger charge is 2.20. The Labute approximate surface area is 168 Å². The SMILES string of the molecule is CCNC(=NCC1CCCS1)NCCC(=O)N1CCCC(C)C1.I. The van der Waals surface area contributed by atoms with Gasteiger partial charge in [0.2, 0.25) is 5.91 Å². The highest BCUT2D eigenvalue weighted by molar-refractivity contribution is 14.0. The van der Waals surface area contributed by atoms with Gasteiger partial charge in [0.05, 0.1) is 6.54 Å². The van der Waals surface area contributed by atoms with E-state index >= 15 is 0 Å². The molecule has 2 unspecified atom stereocenters. The van der Waals surface area contributed by atoms with E-state index in [1.165, 1.54) is 25.0 Å². The third-order valence-corrected chi connectivity index (χ3v) is 5.84. The third kappa shape index (κ3) is 7.80. The fourth-order valence-corrected chi connectivity index (χ4v) is 4.37. The second kappa shape index (κ2) is 12.2. The molecule has 2 aliphatic rings. The van der Waals surface area contributed by atoms with Gasteiger partial charge in [0.1, 0.15) is 0 Å². The van der Waals surface area contributed by atoms with Gasteiger partial charge in [-0.15, -0.1) is 24.0 Å². The molecule has 2 aliphatic heterocycles. The van der Waals surface area contributed by atoms with E-state index in [2.05, 4.69) is 29.5 Å². The fourth-order valence-electron chi connectivity index (χ4n) is 3.19. The van der Waals surface area contributed by atoms with Crippen molar-refractivity contribution >= 4 is 47.6 Å². The lowest BCUT2D eigenvalue weighted by molar-refractivity contribution is -0.132. The van der Waals surface area contributed by atoms with Crippen molar-refractivity contribution in [1.82, 2.24) is 15.5 Å². The summed E-state index contributed by atoms with van der Waals surface area (Å²) in [5.41, 5.74) is 0. The zero-order valence-corrected chi connectivity index (χ0v) is 18.2. The molecule has 2 rings (SSSR count). The van der Waals surface area contributed by atoms with Crippen LogP contribution in [-0.4, -0.2) is 60.5 Å². The largest absolute Gasteiger partial charge is 0.357 e. The first-order valence-electron chi connectivity index (χ1n) is 9.10. The van der Waals surface area contributed by atoms with Crippen molar-refractivity contribution in [3.63, 3.8) is 0 Å². The Morgan fingerprint density at radius 3 is 2.79 bits per heavy atom. The molecule has 0 saturated carbocycles. The first kappa shape index (κ1) is 21.9. The Morgan fingerprint density at radius 2 is 2.12 bits per heavy atom. The van der Waals surface area contributed by atoms with Gasteiger partial charge in [-0.2, -0.15) is 11.8 Å². The average molecular weight is 468 g/mol. The molecule has 0 radical (unpaired) electrons. The summed E-state index contributed by atoms with van der Waals surface area (Å²) in [5, 5.41) is 7.25. The van der Waals surface area contributed by atoms with Crippen molar-refractivity contribution in [2.75, 3.05) is 38.5 Å². The number of aliphatic imine (C=N–C) groups is 1. The van der Waals surface area contributed by atoms with E-state index < -0.39 is 0 Å². The number of nitrogens with one attached hydrogen (secondary N) is 2. The number of piperidine rings is 1. The molecule has 0 spiro atoms. The number of carbonyl (C=O) groups is 1. The van der Waals surface area contributed by atoms with Crippen molar-refractivity contribution in [1.29, 1.82) is 0 Å². The predicted molar refractivity (Wildman–Crippen MR) is 114 cm³/mol. The maximum Gasteiger partial charge on any atom is 0.224 e. The number of hydrogen-bond acceptors (Lipinski definition) is 3. The van der Waals surface area contributed by atoms with Crippen LogP contribution in [0.2, 0.25) is 0 Å². The van der Waals surface area contributed by atoms with Gasteiger partial charge >= 0.3 is 0 Å². The molecule has 0 aliphatic carbocycles. The number of guanidine groups is 1. The van der Waals surface area contributed by atoms with Gasteiger partial charge in [0.25, 0.3) is 0 Å². The molecular formula is C17H33IN4OS. The molecule has 0 aromatic rings. The van der Waals surface area contributed by atoms with E-state index in [9.17, 15) is 4.79 Å².